The van der Waals surface area contributed by atoms with Crippen LogP contribution in [-0.4, -0.2) is 29.2 Å². The SMILES string of the molecule is CCOc1ccc(CN2C(=O)c3ccccc3C2=O)cc1C(=O)Nc1ccccc1C. The molecular formula is C25H22N2O4. The molecule has 3 aromatic rings. The van der Waals surface area contributed by atoms with Crippen molar-refractivity contribution in [1.29, 1.82) is 0 Å². The predicted octanol–water partition coefficient (Wildman–Crippen LogP) is 4.44. The first-order valence-corrected chi connectivity index (χ1v) is 10.1. The maximum atomic E-state index is 13.0. The van der Waals surface area contributed by atoms with Crippen molar-refractivity contribution in [3.05, 3.63) is 94.5 Å². The van der Waals surface area contributed by atoms with Crippen LogP contribution in [0.5, 0.6) is 5.75 Å². The largest absolute Gasteiger partial charge is 0.493 e. The Kier molecular flexibility index (Phi) is 5.54. The standard InChI is InChI=1S/C25H22N2O4/c1-3-31-22-13-12-17(14-20(22)23(28)26-21-11-7-4-8-16(21)2)15-27-24(29)18-9-5-6-10-19(18)25(27)30/h4-14H,3,15H2,1-2H3,(H,26,28). The van der Waals surface area contributed by atoms with Crippen molar-refractivity contribution in [2.75, 3.05) is 11.9 Å². The summed E-state index contributed by atoms with van der Waals surface area (Å²) < 4.78 is 5.64. The molecule has 0 aliphatic carbocycles. The van der Waals surface area contributed by atoms with Crippen LogP contribution in [0.3, 0.4) is 0 Å². The fourth-order valence-electron chi connectivity index (χ4n) is 3.60. The molecule has 0 spiro atoms. The Morgan fingerprint density at radius 1 is 0.935 bits per heavy atom. The molecule has 6 heteroatoms. The molecule has 0 bridgehead atoms. The summed E-state index contributed by atoms with van der Waals surface area (Å²) in [5, 5.41) is 2.91. The molecule has 31 heavy (non-hydrogen) atoms. The second-order valence-electron chi connectivity index (χ2n) is 7.27. The van der Waals surface area contributed by atoms with E-state index in [1.54, 1.807) is 42.5 Å². The number of nitrogens with zero attached hydrogens (tertiary/aromatic N) is 1. The van der Waals surface area contributed by atoms with Gasteiger partial charge in [-0.05, 0) is 55.3 Å². The third-order valence-corrected chi connectivity index (χ3v) is 5.20. The molecule has 1 N–H and O–H groups in total. The number of anilines is 1. The minimum absolute atomic E-state index is 0.0728. The summed E-state index contributed by atoms with van der Waals surface area (Å²) in [5.74, 6) is -0.539. The molecule has 0 saturated heterocycles. The van der Waals surface area contributed by atoms with E-state index in [0.29, 0.717) is 40.3 Å². The van der Waals surface area contributed by atoms with Crippen molar-refractivity contribution in [3.8, 4) is 5.75 Å². The van der Waals surface area contributed by atoms with Gasteiger partial charge in [-0.3, -0.25) is 19.3 Å². The number of nitrogens with one attached hydrogen (secondary N) is 1. The normalized spacial score (nSPS) is 12.6. The van der Waals surface area contributed by atoms with Gasteiger partial charge in [-0.2, -0.15) is 0 Å². The highest BCUT2D eigenvalue weighted by molar-refractivity contribution is 6.21. The minimum atomic E-state index is -0.333. The van der Waals surface area contributed by atoms with Gasteiger partial charge in [0, 0.05) is 5.69 Å². The number of fused-ring (bicyclic) bond motifs is 1. The van der Waals surface area contributed by atoms with Gasteiger partial charge in [-0.25, -0.2) is 0 Å². The number of carbonyl (C=O) groups is 3. The maximum Gasteiger partial charge on any atom is 0.261 e. The van der Waals surface area contributed by atoms with Crippen LogP contribution in [0.2, 0.25) is 0 Å². The third-order valence-electron chi connectivity index (χ3n) is 5.20. The summed E-state index contributed by atoms with van der Waals surface area (Å²) in [6, 6.07) is 19.4. The van der Waals surface area contributed by atoms with E-state index in [4.69, 9.17) is 4.74 Å². The topological polar surface area (TPSA) is 75.7 Å². The molecule has 0 atom stereocenters. The van der Waals surface area contributed by atoms with Gasteiger partial charge in [0.1, 0.15) is 5.75 Å². The highest BCUT2D eigenvalue weighted by Crippen LogP contribution is 2.27. The smallest absolute Gasteiger partial charge is 0.261 e. The van der Waals surface area contributed by atoms with Gasteiger partial charge < -0.3 is 10.1 Å². The van der Waals surface area contributed by atoms with Crippen LogP contribution in [0.15, 0.2) is 66.7 Å². The summed E-state index contributed by atoms with van der Waals surface area (Å²) in [5.41, 5.74) is 3.45. The van der Waals surface area contributed by atoms with Gasteiger partial charge in [0.2, 0.25) is 0 Å². The van der Waals surface area contributed by atoms with Crippen molar-refractivity contribution >= 4 is 23.4 Å². The molecule has 0 radical (unpaired) electrons. The van der Waals surface area contributed by atoms with E-state index in [1.165, 1.54) is 4.90 Å². The van der Waals surface area contributed by atoms with Crippen molar-refractivity contribution < 1.29 is 19.1 Å². The molecule has 4 rings (SSSR count). The molecule has 3 amide bonds. The summed E-state index contributed by atoms with van der Waals surface area (Å²) >= 11 is 0. The summed E-state index contributed by atoms with van der Waals surface area (Å²) in [4.78, 5) is 39.6. The average Bonchev–Trinajstić information content (AvgIpc) is 3.01. The monoisotopic (exact) mass is 414 g/mol. The number of hydrogen-bond donors (Lipinski definition) is 1. The molecule has 1 heterocycles. The van der Waals surface area contributed by atoms with E-state index >= 15 is 0 Å². The number of hydrogen-bond acceptors (Lipinski definition) is 4. The van der Waals surface area contributed by atoms with Gasteiger partial charge in [0.05, 0.1) is 29.8 Å². The first-order chi connectivity index (χ1) is 15.0. The Bertz CT molecular complexity index is 1150. The Morgan fingerprint density at radius 2 is 1.58 bits per heavy atom. The van der Waals surface area contributed by atoms with Crippen LogP contribution in [0.4, 0.5) is 5.69 Å². The lowest BCUT2D eigenvalue weighted by Crippen LogP contribution is -2.29. The molecule has 0 fully saturated rings. The first kappa shape index (κ1) is 20.3. The van der Waals surface area contributed by atoms with Crippen molar-refractivity contribution in [1.82, 2.24) is 4.90 Å². The van der Waals surface area contributed by atoms with Gasteiger partial charge in [0.25, 0.3) is 17.7 Å². The second kappa shape index (κ2) is 8.44. The highest BCUT2D eigenvalue weighted by Gasteiger charge is 2.35. The number of carbonyl (C=O) groups excluding carboxylic acids is 3. The van der Waals surface area contributed by atoms with Gasteiger partial charge >= 0.3 is 0 Å². The number of aryl methyl sites for hydroxylation is 1. The molecule has 0 unspecified atom stereocenters. The summed E-state index contributed by atoms with van der Waals surface area (Å²) in [6.07, 6.45) is 0. The van der Waals surface area contributed by atoms with Crippen LogP contribution in [0.25, 0.3) is 0 Å². The first-order valence-electron chi connectivity index (χ1n) is 10.1. The van der Waals surface area contributed by atoms with Gasteiger partial charge in [0.15, 0.2) is 0 Å². The Balaban J connectivity index is 1.62. The van der Waals surface area contributed by atoms with E-state index in [1.807, 2.05) is 38.1 Å². The van der Waals surface area contributed by atoms with E-state index in [2.05, 4.69) is 5.32 Å². The number of benzene rings is 3. The summed E-state index contributed by atoms with van der Waals surface area (Å²) in [7, 11) is 0. The minimum Gasteiger partial charge on any atom is -0.493 e. The maximum absolute atomic E-state index is 13.0. The van der Waals surface area contributed by atoms with Crippen molar-refractivity contribution in [2.45, 2.75) is 20.4 Å². The molecule has 156 valence electrons. The summed E-state index contributed by atoms with van der Waals surface area (Å²) in [6.45, 7) is 4.24. The lowest BCUT2D eigenvalue weighted by Gasteiger charge is -2.17. The molecular weight excluding hydrogens is 392 g/mol. The van der Waals surface area contributed by atoms with Crippen LogP contribution in [0, 0.1) is 6.92 Å². The third kappa shape index (κ3) is 3.92. The van der Waals surface area contributed by atoms with Crippen LogP contribution < -0.4 is 10.1 Å². The zero-order chi connectivity index (χ0) is 22.0. The molecule has 0 saturated carbocycles. The molecule has 6 nitrogen and oxygen atoms in total. The van der Waals surface area contributed by atoms with Crippen LogP contribution in [0.1, 0.15) is 49.1 Å². The molecule has 3 aromatic carbocycles. The predicted molar refractivity (Wildman–Crippen MR) is 117 cm³/mol. The number of imide groups is 1. The average molecular weight is 414 g/mol. The van der Waals surface area contributed by atoms with E-state index in [-0.39, 0.29) is 24.3 Å². The fourth-order valence-corrected chi connectivity index (χ4v) is 3.60. The number of rotatable bonds is 6. The Hall–Kier alpha value is -3.93. The molecule has 1 aliphatic heterocycles. The molecule has 1 aliphatic rings. The fraction of sp³-hybridized carbons (Fsp3) is 0.160. The second-order valence-corrected chi connectivity index (χ2v) is 7.27. The van der Waals surface area contributed by atoms with Crippen LogP contribution >= 0.6 is 0 Å². The van der Waals surface area contributed by atoms with Gasteiger partial charge in [-0.15, -0.1) is 0 Å². The number of amides is 3. The number of ether oxygens (including phenoxy) is 1. The zero-order valence-electron chi connectivity index (χ0n) is 17.3. The van der Waals surface area contributed by atoms with E-state index in [0.717, 1.165) is 5.56 Å². The number of para-hydroxylation sites is 1. The van der Waals surface area contributed by atoms with Crippen molar-refractivity contribution in [3.63, 3.8) is 0 Å². The van der Waals surface area contributed by atoms with E-state index < -0.39 is 0 Å². The highest BCUT2D eigenvalue weighted by atomic mass is 16.5. The Labute approximate surface area is 180 Å². The quantitative estimate of drug-likeness (QED) is 0.605. The lowest BCUT2D eigenvalue weighted by molar-refractivity contribution is 0.0642. The Morgan fingerprint density at radius 3 is 2.23 bits per heavy atom. The van der Waals surface area contributed by atoms with Crippen molar-refractivity contribution in [2.24, 2.45) is 0 Å². The van der Waals surface area contributed by atoms with Crippen LogP contribution in [-0.2, 0) is 6.54 Å². The van der Waals surface area contributed by atoms with Gasteiger partial charge in [-0.1, -0.05) is 36.4 Å². The van der Waals surface area contributed by atoms with E-state index in [9.17, 15) is 14.4 Å². The molecule has 0 aromatic heterocycles. The lowest BCUT2D eigenvalue weighted by atomic mass is 10.1. The zero-order valence-corrected chi connectivity index (χ0v) is 17.3.